The molecule has 2 aromatic rings. The maximum absolute atomic E-state index is 4.82. The summed E-state index contributed by atoms with van der Waals surface area (Å²) >= 11 is 1.80. The quantitative estimate of drug-likeness (QED) is 0.615. The number of aromatic nitrogens is 1. The van der Waals surface area contributed by atoms with E-state index < -0.39 is 0 Å². The van der Waals surface area contributed by atoms with E-state index in [1.165, 1.54) is 21.0 Å². The summed E-state index contributed by atoms with van der Waals surface area (Å²) in [5, 5.41) is 4.52. The van der Waals surface area contributed by atoms with E-state index in [4.69, 9.17) is 4.98 Å². The van der Waals surface area contributed by atoms with E-state index in [0.29, 0.717) is 0 Å². The molecule has 0 amide bonds. The highest BCUT2D eigenvalue weighted by molar-refractivity contribution is 7.12. The molecule has 0 aliphatic heterocycles. The molecule has 0 saturated heterocycles. The Morgan fingerprint density at radius 1 is 1.23 bits per heavy atom. The van der Waals surface area contributed by atoms with Gasteiger partial charge in [0.05, 0.1) is 10.7 Å². The van der Waals surface area contributed by atoms with Crippen molar-refractivity contribution in [2.75, 3.05) is 13.1 Å². The van der Waals surface area contributed by atoms with Crippen LogP contribution in [0.4, 0.5) is 0 Å². The smallest absolute Gasteiger partial charge is 0.0948 e. The van der Waals surface area contributed by atoms with E-state index in [9.17, 15) is 0 Å². The Morgan fingerprint density at radius 2 is 1.91 bits per heavy atom. The second-order valence-electron chi connectivity index (χ2n) is 6.58. The standard InChI is InChI=1S/C19H26N2S/c1-6-12-20-13-11-17-21-18(14(2)22-17)15-7-9-16(10-8-15)19(3,4)5/h6-10,20H,1,11-13H2,2-5H3. The van der Waals surface area contributed by atoms with Gasteiger partial charge in [-0.2, -0.15) is 0 Å². The molecule has 0 aliphatic rings. The molecular weight excluding hydrogens is 288 g/mol. The van der Waals surface area contributed by atoms with Crippen LogP contribution in [-0.2, 0) is 11.8 Å². The summed E-state index contributed by atoms with van der Waals surface area (Å²) in [6.45, 7) is 14.4. The third kappa shape index (κ3) is 4.28. The Morgan fingerprint density at radius 3 is 2.50 bits per heavy atom. The van der Waals surface area contributed by atoms with Gasteiger partial charge in [0.15, 0.2) is 0 Å². The number of hydrogen-bond acceptors (Lipinski definition) is 3. The molecule has 0 radical (unpaired) electrons. The molecule has 22 heavy (non-hydrogen) atoms. The molecule has 2 rings (SSSR count). The second kappa shape index (κ2) is 7.21. The number of thiazole rings is 1. The molecule has 0 fully saturated rings. The maximum Gasteiger partial charge on any atom is 0.0948 e. The van der Waals surface area contributed by atoms with Crippen LogP contribution in [-0.4, -0.2) is 18.1 Å². The molecule has 0 aliphatic carbocycles. The molecule has 1 heterocycles. The molecule has 2 nitrogen and oxygen atoms in total. The van der Waals surface area contributed by atoms with Crippen molar-refractivity contribution in [1.82, 2.24) is 10.3 Å². The minimum absolute atomic E-state index is 0.192. The number of aryl methyl sites for hydroxylation is 1. The first kappa shape index (κ1) is 16.9. The predicted molar refractivity (Wildman–Crippen MR) is 97.8 cm³/mol. The summed E-state index contributed by atoms with van der Waals surface area (Å²) in [5.41, 5.74) is 3.90. The van der Waals surface area contributed by atoms with Gasteiger partial charge in [0, 0.05) is 30.0 Å². The van der Waals surface area contributed by atoms with Gasteiger partial charge in [-0.15, -0.1) is 17.9 Å². The average molecular weight is 314 g/mol. The first-order valence-corrected chi connectivity index (χ1v) is 8.62. The summed E-state index contributed by atoms with van der Waals surface area (Å²) in [6.07, 6.45) is 2.86. The molecule has 0 atom stereocenters. The molecule has 0 unspecified atom stereocenters. The van der Waals surface area contributed by atoms with Crippen molar-refractivity contribution in [3.63, 3.8) is 0 Å². The largest absolute Gasteiger partial charge is 0.313 e. The van der Waals surface area contributed by atoms with Crippen LogP contribution in [0.3, 0.4) is 0 Å². The molecule has 118 valence electrons. The fraction of sp³-hybridized carbons (Fsp3) is 0.421. The highest BCUT2D eigenvalue weighted by Gasteiger charge is 2.14. The Balaban J connectivity index is 2.12. The van der Waals surface area contributed by atoms with Crippen LogP contribution < -0.4 is 5.32 Å². The van der Waals surface area contributed by atoms with Crippen molar-refractivity contribution >= 4 is 11.3 Å². The Labute approximate surface area is 138 Å². The number of hydrogen-bond donors (Lipinski definition) is 1. The first-order valence-electron chi connectivity index (χ1n) is 7.80. The van der Waals surface area contributed by atoms with E-state index in [-0.39, 0.29) is 5.41 Å². The van der Waals surface area contributed by atoms with Gasteiger partial charge in [-0.25, -0.2) is 4.98 Å². The lowest BCUT2D eigenvalue weighted by atomic mass is 9.86. The van der Waals surface area contributed by atoms with E-state index in [2.05, 4.69) is 63.9 Å². The highest BCUT2D eigenvalue weighted by Crippen LogP contribution is 2.30. The average Bonchev–Trinajstić information content (AvgIpc) is 2.84. The first-order chi connectivity index (χ1) is 10.4. The van der Waals surface area contributed by atoms with Crippen LogP contribution in [0, 0.1) is 6.92 Å². The van der Waals surface area contributed by atoms with Gasteiger partial charge >= 0.3 is 0 Å². The van der Waals surface area contributed by atoms with Gasteiger partial charge in [0.1, 0.15) is 0 Å². The second-order valence-corrected chi connectivity index (χ2v) is 7.87. The lowest BCUT2D eigenvalue weighted by Gasteiger charge is -2.19. The van der Waals surface area contributed by atoms with Crippen LogP contribution in [0.1, 0.15) is 36.2 Å². The summed E-state index contributed by atoms with van der Waals surface area (Å²) < 4.78 is 0. The van der Waals surface area contributed by atoms with Crippen molar-refractivity contribution in [1.29, 1.82) is 0 Å². The van der Waals surface area contributed by atoms with Crippen molar-refractivity contribution in [3.05, 3.63) is 52.4 Å². The fourth-order valence-corrected chi connectivity index (χ4v) is 3.31. The Hall–Kier alpha value is -1.45. The van der Waals surface area contributed by atoms with Gasteiger partial charge in [0.2, 0.25) is 0 Å². The van der Waals surface area contributed by atoms with Gasteiger partial charge < -0.3 is 5.32 Å². The van der Waals surface area contributed by atoms with E-state index in [0.717, 1.165) is 25.2 Å². The Kier molecular flexibility index (Phi) is 5.54. The molecule has 1 aromatic carbocycles. The highest BCUT2D eigenvalue weighted by atomic mass is 32.1. The number of nitrogens with one attached hydrogen (secondary N) is 1. The van der Waals surface area contributed by atoms with Crippen LogP contribution >= 0.6 is 11.3 Å². The summed E-state index contributed by atoms with van der Waals surface area (Å²) in [7, 11) is 0. The van der Waals surface area contributed by atoms with Crippen LogP contribution in [0.2, 0.25) is 0 Å². The number of benzene rings is 1. The van der Waals surface area contributed by atoms with E-state index in [1.54, 1.807) is 11.3 Å². The lowest BCUT2D eigenvalue weighted by molar-refractivity contribution is 0.590. The van der Waals surface area contributed by atoms with Crippen molar-refractivity contribution in [3.8, 4) is 11.3 Å². The van der Waals surface area contributed by atoms with Crippen molar-refractivity contribution in [2.24, 2.45) is 0 Å². The van der Waals surface area contributed by atoms with Crippen molar-refractivity contribution in [2.45, 2.75) is 39.5 Å². The zero-order valence-electron chi connectivity index (χ0n) is 14.1. The number of rotatable bonds is 6. The zero-order valence-corrected chi connectivity index (χ0v) is 14.9. The Bertz CT molecular complexity index is 618. The molecule has 3 heteroatoms. The molecule has 1 N–H and O–H groups in total. The molecule has 0 spiro atoms. The summed E-state index contributed by atoms with van der Waals surface area (Å²) in [5.74, 6) is 0. The van der Waals surface area contributed by atoms with Crippen LogP contribution in [0.25, 0.3) is 11.3 Å². The maximum atomic E-state index is 4.82. The number of nitrogens with zero attached hydrogens (tertiary/aromatic N) is 1. The minimum atomic E-state index is 0.192. The predicted octanol–water partition coefficient (Wildman–Crippen LogP) is 4.73. The molecule has 0 bridgehead atoms. The molecule has 1 aromatic heterocycles. The molecular formula is C19H26N2S. The third-order valence-electron chi connectivity index (χ3n) is 3.67. The van der Waals surface area contributed by atoms with E-state index >= 15 is 0 Å². The summed E-state index contributed by atoms with van der Waals surface area (Å²) in [4.78, 5) is 6.12. The lowest BCUT2D eigenvalue weighted by Crippen LogP contribution is -2.16. The van der Waals surface area contributed by atoms with Gasteiger partial charge in [-0.05, 0) is 17.9 Å². The van der Waals surface area contributed by atoms with E-state index in [1.807, 2.05) is 6.08 Å². The fourth-order valence-electron chi connectivity index (χ4n) is 2.35. The zero-order chi connectivity index (χ0) is 16.2. The van der Waals surface area contributed by atoms with Crippen LogP contribution in [0.5, 0.6) is 0 Å². The monoisotopic (exact) mass is 314 g/mol. The van der Waals surface area contributed by atoms with Crippen LogP contribution in [0.15, 0.2) is 36.9 Å². The summed E-state index contributed by atoms with van der Waals surface area (Å²) in [6, 6.07) is 8.84. The molecule has 0 saturated carbocycles. The minimum Gasteiger partial charge on any atom is -0.313 e. The third-order valence-corrected chi connectivity index (χ3v) is 4.70. The normalized spacial score (nSPS) is 11.6. The van der Waals surface area contributed by atoms with Gasteiger partial charge in [-0.1, -0.05) is 51.1 Å². The van der Waals surface area contributed by atoms with Gasteiger partial charge in [-0.3, -0.25) is 0 Å². The van der Waals surface area contributed by atoms with Gasteiger partial charge in [0.25, 0.3) is 0 Å². The van der Waals surface area contributed by atoms with Crippen molar-refractivity contribution < 1.29 is 0 Å². The topological polar surface area (TPSA) is 24.9 Å². The SMILES string of the molecule is C=CCNCCc1nc(-c2ccc(C(C)(C)C)cc2)c(C)s1.